The monoisotopic (exact) mass is 897 g/mol. The fraction of sp³-hybridized carbons (Fsp3) is 0.377. The van der Waals surface area contributed by atoms with Crippen molar-refractivity contribution in [1.29, 1.82) is 0 Å². The molecule has 8 aliphatic rings. The van der Waals surface area contributed by atoms with Gasteiger partial charge in [0.1, 0.15) is 0 Å². The molecule has 5 unspecified atom stereocenters. The van der Waals surface area contributed by atoms with E-state index >= 15 is 0 Å². The minimum absolute atomic E-state index is 0.0116. The molecule has 1 saturated heterocycles. The van der Waals surface area contributed by atoms with Crippen LogP contribution in [0.25, 0.3) is 11.1 Å². The van der Waals surface area contributed by atoms with E-state index in [-0.39, 0.29) is 52.4 Å². The molecule has 4 nitrogen and oxygen atoms in total. The Labute approximate surface area is 403 Å². The van der Waals surface area contributed by atoms with Gasteiger partial charge >= 0.3 is 6.98 Å². The zero-order valence-electron chi connectivity index (χ0n) is 42.1. The fourth-order valence-electron chi connectivity index (χ4n) is 14.1. The molecule has 0 bridgehead atoms. The molecular formula is C61H65BN4S. The Morgan fingerprint density at radius 3 is 2.04 bits per heavy atom. The standard InChI is InChI=1S/C61H65BN4S/c1-34-18-23-47-40(28-34)41-32-38(58(5,6)7)22-26-48(41)64-56-53-57-54(52-55(56)65(62(47)64)49-24-19-36(3)30-45(49)60(52,11)12)63-33-43(39-16-15-17-44(39)59(8,9)10)42-29-35(2)21-27-51(42)67(63)66(57)50-25-20-37(4)31-46(50)61(53,13)14/h17-32,39,43,52,54,67H,33H2,1-14H3. The van der Waals surface area contributed by atoms with Gasteiger partial charge in [-0.2, -0.15) is 0 Å². The van der Waals surface area contributed by atoms with Gasteiger partial charge in [0, 0.05) is 62.3 Å². The van der Waals surface area contributed by atoms with Gasteiger partial charge in [-0.05, 0) is 114 Å². The summed E-state index contributed by atoms with van der Waals surface area (Å²) in [7, 11) is 0. The van der Waals surface area contributed by atoms with Gasteiger partial charge in [0.25, 0.3) is 0 Å². The summed E-state index contributed by atoms with van der Waals surface area (Å²) >= 11 is -0.972. The summed E-state index contributed by atoms with van der Waals surface area (Å²) in [5, 5.41) is 0. The molecule has 6 heterocycles. The number of nitrogens with zero attached hydrogens (tertiary/aromatic N) is 4. The second-order valence-corrected chi connectivity index (χ2v) is 26.5. The maximum absolute atomic E-state index is 3.85. The first-order valence-electron chi connectivity index (χ1n) is 24.9. The predicted molar refractivity (Wildman–Crippen MR) is 285 cm³/mol. The van der Waals surface area contributed by atoms with E-state index in [1.807, 2.05) is 0 Å². The quantitative estimate of drug-likeness (QED) is 0.102. The normalized spacial score (nSPS) is 25.8. The lowest BCUT2D eigenvalue weighted by Crippen LogP contribution is -2.60. The van der Waals surface area contributed by atoms with Crippen molar-refractivity contribution < 1.29 is 0 Å². The van der Waals surface area contributed by atoms with Crippen LogP contribution in [0.5, 0.6) is 0 Å². The number of hydrogen-bond donors (Lipinski definition) is 1. The Balaban J connectivity index is 1.15. The van der Waals surface area contributed by atoms with Gasteiger partial charge in [0.05, 0.1) is 29.0 Å². The molecule has 5 aromatic rings. The Morgan fingerprint density at radius 2 is 1.31 bits per heavy atom. The molecule has 0 radical (unpaired) electrons. The predicted octanol–water partition coefficient (Wildman–Crippen LogP) is 13.4. The average molecular weight is 897 g/mol. The van der Waals surface area contributed by atoms with Gasteiger partial charge in [-0.3, -0.25) is 4.31 Å². The third kappa shape index (κ3) is 5.34. The number of benzene rings is 5. The number of fused-ring (bicyclic) bond motifs is 19. The van der Waals surface area contributed by atoms with E-state index in [0.717, 1.165) is 6.54 Å². The van der Waals surface area contributed by atoms with Crippen molar-refractivity contribution in [2.24, 2.45) is 17.3 Å². The summed E-state index contributed by atoms with van der Waals surface area (Å²) in [5.41, 5.74) is 26.3. The van der Waals surface area contributed by atoms with Crippen LogP contribution in [0.15, 0.2) is 130 Å². The number of aryl methyl sites for hydroxylation is 4. The van der Waals surface area contributed by atoms with Crippen LogP contribution in [0.3, 0.4) is 0 Å². The maximum Gasteiger partial charge on any atom is 0.421 e. The first-order valence-corrected chi connectivity index (χ1v) is 26.2. The number of rotatable bonds is 1. The van der Waals surface area contributed by atoms with Crippen molar-refractivity contribution >= 4 is 40.8 Å². The molecule has 338 valence electrons. The molecule has 0 amide bonds. The van der Waals surface area contributed by atoms with Crippen molar-refractivity contribution in [2.45, 2.75) is 130 Å². The van der Waals surface area contributed by atoms with E-state index < -0.39 is 11.3 Å². The van der Waals surface area contributed by atoms with Crippen LogP contribution in [0.4, 0.5) is 17.1 Å². The summed E-state index contributed by atoms with van der Waals surface area (Å²) in [5.74, 6) is 7.99. The van der Waals surface area contributed by atoms with E-state index in [1.54, 1.807) is 5.70 Å². The van der Waals surface area contributed by atoms with Crippen LogP contribution in [0.1, 0.15) is 120 Å². The Kier molecular flexibility index (Phi) is 8.27. The number of anilines is 3. The number of allylic oxidation sites excluding steroid dienone is 3. The summed E-state index contributed by atoms with van der Waals surface area (Å²) in [4.78, 5) is 7.23. The first kappa shape index (κ1) is 41.8. The van der Waals surface area contributed by atoms with Crippen LogP contribution >= 0.6 is 11.3 Å². The van der Waals surface area contributed by atoms with Crippen LogP contribution < -0.4 is 19.4 Å². The smallest absolute Gasteiger partial charge is 0.363 e. The zero-order valence-corrected chi connectivity index (χ0v) is 43.0. The van der Waals surface area contributed by atoms with Gasteiger partial charge in [-0.1, -0.05) is 175 Å². The first-order chi connectivity index (χ1) is 31.7. The minimum atomic E-state index is -0.972. The highest BCUT2D eigenvalue weighted by atomic mass is 32.2. The molecule has 67 heavy (non-hydrogen) atoms. The topological polar surface area (TPSA) is 13.0 Å². The lowest BCUT2D eigenvalue weighted by atomic mass is 9.56. The molecule has 5 atom stereocenters. The summed E-state index contributed by atoms with van der Waals surface area (Å²) in [6.45, 7) is 34.6. The number of hydrogen-bond acceptors (Lipinski definition) is 4. The minimum Gasteiger partial charge on any atom is -0.363 e. The van der Waals surface area contributed by atoms with Crippen molar-refractivity contribution in [3.8, 4) is 23.0 Å². The largest absolute Gasteiger partial charge is 0.421 e. The number of thiol groups is 1. The van der Waals surface area contributed by atoms with Gasteiger partial charge < -0.3 is 9.62 Å². The van der Waals surface area contributed by atoms with Crippen molar-refractivity contribution in [2.75, 3.05) is 20.5 Å². The van der Waals surface area contributed by atoms with E-state index in [2.05, 4.69) is 224 Å². The lowest BCUT2D eigenvalue weighted by molar-refractivity contribution is 0.211. The summed E-state index contributed by atoms with van der Waals surface area (Å²) in [6.07, 6.45) is 2.27. The highest BCUT2D eigenvalue weighted by molar-refractivity contribution is 8.16. The van der Waals surface area contributed by atoms with Crippen LogP contribution in [-0.4, -0.2) is 23.9 Å². The molecule has 5 aromatic carbocycles. The van der Waals surface area contributed by atoms with E-state index in [1.165, 1.54) is 106 Å². The lowest BCUT2D eigenvalue weighted by Gasteiger charge is -2.54. The molecule has 13 rings (SSSR count). The summed E-state index contributed by atoms with van der Waals surface area (Å²) < 4.78 is 6.01. The molecule has 0 N–H and O–H groups in total. The Bertz CT molecular complexity index is 3270. The van der Waals surface area contributed by atoms with E-state index in [0.29, 0.717) is 0 Å². The van der Waals surface area contributed by atoms with Crippen LogP contribution in [0, 0.1) is 56.8 Å². The second kappa shape index (κ2) is 13.2. The molecule has 1 fully saturated rings. The highest BCUT2D eigenvalue weighted by Crippen LogP contribution is 2.73. The SMILES string of the molecule is Cc1ccc2c(c1)-c1cc(C(C)(C)C)ccc1N1B2N2C3=C1C1=C4C(C3C(C)(C)c3cc(C)ccc32)N2CC(C3C#CC=C3C(C)(C)C)c3cc(C)ccc3[SH]2N4c2ccc(C)cc2C1(C)C. The van der Waals surface area contributed by atoms with Crippen molar-refractivity contribution in [3.63, 3.8) is 0 Å². The average Bonchev–Trinajstić information content (AvgIpc) is 3.98. The maximum atomic E-state index is 3.85. The third-order valence-electron chi connectivity index (χ3n) is 17.3. The Hall–Kier alpha value is -5.35. The van der Waals surface area contributed by atoms with Gasteiger partial charge in [-0.15, -0.1) is 0 Å². The highest BCUT2D eigenvalue weighted by Gasteiger charge is 2.68. The summed E-state index contributed by atoms with van der Waals surface area (Å²) in [6, 6.07) is 37.2. The molecule has 0 saturated carbocycles. The molecule has 6 aliphatic heterocycles. The molecule has 0 aromatic heterocycles. The Morgan fingerprint density at radius 1 is 0.657 bits per heavy atom. The third-order valence-corrected chi connectivity index (χ3v) is 19.9. The fourth-order valence-corrected chi connectivity index (χ4v) is 17.1. The molecule has 0 spiro atoms. The second-order valence-electron chi connectivity index (χ2n) is 24.5. The van der Waals surface area contributed by atoms with E-state index in [4.69, 9.17) is 0 Å². The molecule has 6 heteroatoms. The van der Waals surface area contributed by atoms with Gasteiger partial charge in [0.2, 0.25) is 0 Å². The van der Waals surface area contributed by atoms with Gasteiger partial charge in [0.15, 0.2) is 0 Å². The van der Waals surface area contributed by atoms with Gasteiger partial charge in [-0.25, -0.2) is 4.31 Å². The van der Waals surface area contributed by atoms with E-state index in [9.17, 15) is 0 Å². The van der Waals surface area contributed by atoms with Crippen molar-refractivity contribution in [1.82, 2.24) is 4.31 Å². The van der Waals surface area contributed by atoms with Crippen molar-refractivity contribution in [3.05, 3.63) is 170 Å². The van der Waals surface area contributed by atoms with Crippen LogP contribution in [0.2, 0.25) is 0 Å². The zero-order chi connectivity index (χ0) is 46.8. The van der Waals surface area contributed by atoms with Crippen LogP contribution in [-0.2, 0) is 16.2 Å². The molecular weight excluding hydrogens is 832 g/mol. The molecule has 2 aliphatic carbocycles.